The van der Waals surface area contributed by atoms with E-state index in [0.29, 0.717) is 59.2 Å². The van der Waals surface area contributed by atoms with Gasteiger partial charge in [-0.15, -0.1) is 0 Å². The second kappa shape index (κ2) is 6.57. The fourth-order valence-corrected chi connectivity index (χ4v) is 3.43. The summed E-state index contributed by atoms with van der Waals surface area (Å²) < 4.78 is 0. The van der Waals surface area contributed by atoms with E-state index in [0.717, 1.165) is 0 Å². The molecule has 0 aromatic carbocycles. The molecule has 0 amide bonds. The van der Waals surface area contributed by atoms with Crippen molar-refractivity contribution in [1.82, 2.24) is 25.1 Å². The summed E-state index contributed by atoms with van der Waals surface area (Å²) in [4.78, 5) is 15.1. The predicted molar refractivity (Wildman–Crippen MR) is 103 cm³/mol. The van der Waals surface area contributed by atoms with Crippen molar-refractivity contribution in [3.8, 4) is 11.3 Å². The summed E-state index contributed by atoms with van der Waals surface area (Å²) in [6, 6.07) is 1.74. The van der Waals surface area contributed by atoms with Gasteiger partial charge in [-0.05, 0) is 18.9 Å². The van der Waals surface area contributed by atoms with Crippen molar-refractivity contribution in [2.24, 2.45) is 11.5 Å². The Morgan fingerprint density at radius 3 is 2.74 bits per heavy atom. The van der Waals surface area contributed by atoms with E-state index < -0.39 is 11.8 Å². The van der Waals surface area contributed by atoms with Gasteiger partial charge in [-0.1, -0.05) is 11.6 Å². The quantitative estimate of drug-likeness (QED) is 0.393. The van der Waals surface area contributed by atoms with Gasteiger partial charge in [0.25, 0.3) is 0 Å². The summed E-state index contributed by atoms with van der Waals surface area (Å²) in [6.45, 7) is 1.24. The topological polar surface area (TPSA) is 169 Å². The molecule has 0 radical (unpaired) electrons. The molecule has 142 valence electrons. The summed E-state index contributed by atoms with van der Waals surface area (Å²) in [5, 5.41) is 17.2. The number of anilines is 2. The van der Waals surface area contributed by atoms with Crippen molar-refractivity contribution in [3.63, 3.8) is 0 Å². The van der Waals surface area contributed by atoms with Gasteiger partial charge in [0, 0.05) is 24.8 Å². The number of aromatic nitrogens is 5. The van der Waals surface area contributed by atoms with Crippen molar-refractivity contribution in [1.29, 1.82) is 0 Å². The normalized spacial score (nSPS) is 18.0. The average Bonchev–Trinajstić information content (AvgIpc) is 3.07. The van der Waals surface area contributed by atoms with E-state index in [9.17, 15) is 5.11 Å². The first-order chi connectivity index (χ1) is 12.9. The van der Waals surface area contributed by atoms with E-state index in [4.69, 9.17) is 28.8 Å². The van der Waals surface area contributed by atoms with Crippen molar-refractivity contribution >= 4 is 34.4 Å². The molecule has 1 unspecified atom stereocenters. The molecule has 11 heteroatoms. The Bertz CT molecular complexity index is 981. The van der Waals surface area contributed by atoms with Crippen LogP contribution in [0.15, 0.2) is 18.5 Å². The van der Waals surface area contributed by atoms with Gasteiger partial charge in [-0.2, -0.15) is 5.10 Å². The number of pyridine rings is 1. The molecule has 1 atom stereocenters. The zero-order valence-corrected chi connectivity index (χ0v) is 15.2. The number of halogens is 1. The number of aliphatic hydroxyl groups excluding tert-OH is 1. The highest BCUT2D eigenvalue weighted by molar-refractivity contribution is 6.35. The lowest BCUT2D eigenvalue weighted by atomic mass is 9.87. The van der Waals surface area contributed by atoms with Gasteiger partial charge < -0.3 is 27.2 Å². The standard InChI is InChI=1S/C16H20ClN9O/c17-10-8(1-4-21-13(10)18)11-12-14(25-24-11)23-9(7-22-12)26-5-2-16(20,3-6-26)15(19)27/h1,4,7,15,27H,2-3,5-6,19-20H2,(H2,18,21)(H,23,24,25). The third-order valence-corrected chi connectivity index (χ3v) is 5.44. The molecule has 3 aromatic rings. The van der Waals surface area contributed by atoms with E-state index in [2.05, 4.69) is 25.1 Å². The van der Waals surface area contributed by atoms with Crippen LogP contribution in [0, 0.1) is 0 Å². The van der Waals surface area contributed by atoms with Crippen molar-refractivity contribution in [3.05, 3.63) is 23.5 Å². The van der Waals surface area contributed by atoms with Crippen LogP contribution in [0.1, 0.15) is 12.8 Å². The van der Waals surface area contributed by atoms with Gasteiger partial charge in [0.2, 0.25) is 5.65 Å². The Hall–Kier alpha value is -2.53. The number of H-pyrrole nitrogens is 1. The van der Waals surface area contributed by atoms with E-state index >= 15 is 0 Å². The molecule has 10 nitrogen and oxygen atoms in total. The number of rotatable bonds is 3. The highest BCUT2D eigenvalue weighted by atomic mass is 35.5. The van der Waals surface area contributed by atoms with Crippen LogP contribution in [0.5, 0.6) is 0 Å². The van der Waals surface area contributed by atoms with Crippen LogP contribution >= 0.6 is 11.6 Å². The monoisotopic (exact) mass is 389 g/mol. The smallest absolute Gasteiger partial charge is 0.202 e. The molecule has 0 bridgehead atoms. The number of aromatic amines is 1. The van der Waals surface area contributed by atoms with Crippen LogP contribution in [0.3, 0.4) is 0 Å². The molecule has 27 heavy (non-hydrogen) atoms. The molecule has 4 heterocycles. The minimum absolute atomic E-state index is 0.238. The molecule has 1 aliphatic heterocycles. The Balaban J connectivity index is 1.63. The lowest BCUT2D eigenvalue weighted by molar-refractivity contribution is 0.0730. The number of nitrogens with two attached hydrogens (primary N) is 3. The van der Waals surface area contributed by atoms with Crippen molar-refractivity contribution in [2.45, 2.75) is 24.6 Å². The first kappa shape index (κ1) is 17.9. The predicted octanol–water partition coefficient (Wildman–Crippen LogP) is 0.225. The molecule has 1 saturated heterocycles. The largest absolute Gasteiger partial charge is 0.382 e. The first-order valence-corrected chi connectivity index (χ1v) is 8.86. The Kier molecular flexibility index (Phi) is 4.35. The van der Waals surface area contributed by atoms with Gasteiger partial charge >= 0.3 is 0 Å². The van der Waals surface area contributed by atoms with Crippen LogP contribution in [0.2, 0.25) is 5.02 Å². The summed E-state index contributed by atoms with van der Waals surface area (Å²) in [7, 11) is 0. The molecule has 3 aromatic heterocycles. The molecule has 4 rings (SSSR count). The summed E-state index contributed by atoms with van der Waals surface area (Å²) in [6.07, 6.45) is 3.33. The SMILES string of the molecule is Nc1nccc(-c2[nH]nc3nc(N4CCC(N)(C(N)O)CC4)cnc23)c1Cl. The summed E-state index contributed by atoms with van der Waals surface area (Å²) in [5.74, 6) is 0.927. The maximum absolute atomic E-state index is 9.66. The number of piperidine rings is 1. The lowest BCUT2D eigenvalue weighted by Gasteiger charge is -2.40. The van der Waals surface area contributed by atoms with E-state index in [1.165, 1.54) is 0 Å². The number of fused-ring (bicyclic) bond motifs is 1. The van der Waals surface area contributed by atoms with Gasteiger partial charge in [-0.25, -0.2) is 15.0 Å². The van der Waals surface area contributed by atoms with Crippen LogP contribution in [0.4, 0.5) is 11.6 Å². The third-order valence-electron chi connectivity index (χ3n) is 5.04. The minimum Gasteiger partial charge on any atom is -0.382 e. The Labute approximate surface area is 159 Å². The van der Waals surface area contributed by atoms with Crippen molar-refractivity contribution in [2.75, 3.05) is 23.7 Å². The van der Waals surface area contributed by atoms with E-state index in [-0.39, 0.29) is 5.82 Å². The van der Waals surface area contributed by atoms with Crippen LogP contribution in [-0.2, 0) is 0 Å². The molecule has 1 fully saturated rings. The number of nitrogen functional groups attached to an aromatic ring is 1. The molecule has 0 saturated carbocycles. The average molecular weight is 390 g/mol. The molecule has 0 aliphatic carbocycles. The zero-order valence-electron chi connectivity index (χ0n) is 14.4. The summed E-state index contributed by atoms with van der Waals surface area (Å²) in [5.41, 5.74) is 19.1. The Morgan fingerprint density at radius 2 is 2.04 bits per heavy atom. The number of hydrogen-bond acceptors (Lipinski definition) is 9. The fraction of sp³-hybridized carbons (Fsp3) is 0.375. The molecular formula is C16H20ClN9O. The van der Waals surface area contributed by atoms with Crippen LogP contribution in [0.25, 0.3) is 22.4 Å². The van der Waals surface area contributed by atoms with Gasteiger partial charge in [0.1, 0.15) is 23.4 Å². The molecular weight excluding hydrogens is 370 g/mol. The maximum Gasteiger partial charge on any atom is 0.202 e. The fourth-order valence-electron chi connectivity index (χ4n) is 3.23. The molecule has 1 aliphatic rings. The zero-order chi connectivity index (χ0) is 19.2. The minimum atomic E-state index is -1.04. The molecule has 8 N–H and O–H groups in total. The number of aliphatic hydroxyl groups is 1. The second-order valence-electron chi connectivity index (χ2n) is 6.72. The van der Waals surface area contributed by atoms with Crippen LogP contribution < -0.4 is 22.1 Å². The van der Waals surface area contributed by atoms with Gasteiger partial charge in [0.05, 0.1) is 22.5 Å². The number of nitrogens with one attached hydrogen (secondary N) is 1. The van der Waals surface area contributed by atoms with Crippen molar-refractivity contribution < 1.29 is 5.11 Å². The highest BCUT2D eigenvalue weighted by Crippen LogP contribution is 2.33. The second-order valence-corrected chi connectivity index (χ2v) is 7.10. The maximum atomic E-state index is 9.66. The van der Waals surface area contributed by atoms with E-state index in [1.807, 2.05) is 4.90 Å². The van der Waals surface area contributed by atoms with E-state index in [1.54, 1.807) is 18.5 Å². The number of nitrogens with zero attached hydrogens (tertiary/aromatic N) is 5. The lowest BCUT2D eigenvalue weighted by Crippen LogP contribution is -2.60. The van der Waals surface area contributed by atoms with Gasteiger partial charge in [-0.3, -0.25) is 5.10 Å². The third kappa shape index (κ3) is 3.06. The summed E-state index contributed by atoms with van der Waals surface area (Å²) >= 11 is 6.26. The van der Waals surface area contributed by atoms with Crippen LogP contribution in [-0.4, -0.2) is 55.1 Å². The Morgan fingerprint density at radius 1 is 1.30 bits per heavy atom. The number of hydrogen-bond donors (Lipinski definition) is 5. The highest BCUT2D eigenvalue weighted by Gasteiger charge is 2.36. The first-order valence-electron chi connectivity index (χ1n) is 8.48. The van der Waals surface area contributed by atoms with Gasteiger partial charge in [0.15, 0.2) is 0 Å². The molecule has 0 spiro atoms.